The average Bonchev–Trinajstić information content (AvgIpc) is 3.02. The van der Waals surface area contributed by atoms with Gasteiger partial charge in [-0.1, -0.05) is 109 Å². The molecule has 0 aliphatic rings. The third kappa shape index (κ3) is 8.98. The molecule has 46 heavy (non-hydrogen) atoms. The van der Waals surface area contributed by atoms with Gasteiger partial charge in [-0.3, -0.25) is 13.9 Å². The molecule has 4 aromatic rings. The van der Waals surface area contributed by atoms with Crippen molar-refractivity contribution in [3.8, 4) is 0 Å². The fraction of sp³-hybridized carbons (Fsp3) is 0.297. The molecule has 0 saturated carbocycles. The second kappa shape index (κ2) is 15.4. The molecule has 0 radical (unpaired) electrons. The maximum absolute atomic E-state index is 14.6. The minimum atomic E-state index is -4.21. The number of carbonyl (C=O) groups is 2. The van der Waals surface area contributed by atoms with Crippen molar-refractivity contribution in [2.75, 3.05) is 17.4 Å². The fourth-order valence-corrected chi connectivity index (χ4v) is 6.67. The van der Waals surface area contributed by atoms with Crippen molar-refractivity contribution in [3.05, 3.63) is 130 Å². The summed E-state index contributed by atoms with van der Waals surface area (Å²) in [6.45, 7) is 9.67. The predicted octanol–water partition coefficient (Wildman–Crippen LogP) is 6.87. The average molecular weight is 660 g/mol. The van der Waals surface area contributed by atoms with E-state index in [0.29, 0.717) is 11.6 Å². The van der Waals surface area contributed by atoms with Gasteiger partial charge in [0.25, 0.3) is 10.0 Å². The third-order valence-corrected chi connectivity index (χ3v) is 9.92. The molecular weight excluding hydrogens is 618 g/mol. The molecule has 7 nitrogen and oxygen atoms in total. The molecule has 242 valence electrons. The molecule has 0 bridgehead atoms. The van der Waals surface area contributed by atoms with Crippen molar-refractivity contribution < 1.29 is 18.0 Å². The van der Waals surface area contributed by atoms with Crippen LogP contribution in [-0.2, 0) is 32.6 Å². The number of amides is 2. The van der Waals surface area contributed by atoms with Gasteiger partial charge in [0, 0.05) is 24.5 Å². The SMILES string of the molecule is Cc1ccc(S(=O)(=O)N(CC(=O)N(Cc2cccc(C)c2)C(Cc2ccccc2)C(=O)NCC(C)C)c2ccc(C)c(Cl)c2)cc1. The second-order valence-electron chi connectivity index (χ2n) is 12.1. The quantitative estimate of drug-likeness (QED) is 0.170. The maximum Gasteiger partial charge on any atom is 0.264 e. The Morgan fingerprint density at radius 2 is 1.48 bits per heavy atom. The van der Waals surface area contributed by atoms with Gasteiger partial charge in [-0.05, 0) is 67.6 Å². The van der Waals surface area contributed by atoms with E-state index in [2.05, 4.69) is 5.32 Å². The lowest BCUT2D eigenvalue weighted by Gasteiger charge is -2.34. The van der Waals surface area contributed by atoms with E-state index >= 15 is 0 Å². The number of hydrogen-bond acceptors (Lipinski definition) is 4. The van der Waals surface area contributed by atoms with E-state index in [1.165, 1.54) is 17.0 Å². The van der Waals surface area contributed by atoms with Gasteiger partial charge in [0.05, 0.1) is 10.6 Å². The van der Waals surface area contributed by atoms with Crippen LogP contribution in [0.15, 0.2) is 102 Å². The molecule has 4 rings (SSSR count). The van der Waals surface area contributed by atoms with Crippen LogP contribution in [0, 0.1) is 26.7 Å². The molecule has 2 amide bonds. The van der Waals surface area contributed by atoms with E-state index in [1.54, 1.807) is 30.3 Å². The first-order valence-corrected chi connectivity index (χ1v) is 17.2. The number of nitrogens with one attached hydrogen (secondary N) is 1. The Balaban J connectivity index is 1.82. The largest absolute Gasteiger partial charge is 0.354 e. The summed E-state index contributed by atoms with van der Waals surface area (Å²) in [4.78, 5) is 30.0. The van der Waals surface area contributed by atoms with Gasteiger partial charge in [-0.15, -0.1) is 0 Å². The lowest BCUT2D eigenvalue weighted by molar-refractivity contribution is -0.140. The van der Waals surface area contributed by atoms with Gasteiger partial charge in [0.2, 0.25) is 11.8 Å². The number of aryl methyl sites for hydroxylation is 3. The first kappa shape index (κ1) is 34.7. The number of benzene rings is 4. The fourth-order valence-electron chi connectivity index (χ4n) is 5.09. The highest BCUT2D eigenvalue weighted by Crippen LogP contribution is 2.29. The van der Waals surface area contributed by atoms with E-state index in [0.717, 1.165) is 32.1 Å². The smallest absolute Gasteiger partial charge is 0.264 e. The first-order valence-electron chi connectivity index (χ1n) is 15.4. The molecule has 0 aliphatic carbocycles. The molecule has 4 aromatic carbocycles. The minimum absolute atomic E-state index is 0.0448. The second-order valence-corrected chi connectivity index (χ2v) is 14.4. The Bertz CT molecular complexity index is 1760. The van der Waals surface area contributed by atoms with E-state index in [1.807, 2.05) is 89.2 Å². The highest BCUT2D eigenvalue weighted by molar-refractivity contribution is 7.92. The highest BCUT2D eigenvalue weighted by Gasteiger charge is 2.34. The van der Waals surface area contributed by atoms with Gasteiger partial charge in [-0.2, -0.15) is 0 Å². The summed E-state index contributed by atoms with van der Waals surface area (Å²) in [5, 5.41) is 3.39. The van der Waals surface area contributed by atoms with Crippen LogP contribution in [0.3, 0.4) is 0 Å². The van der Waals surface area contributed by atoms with Crippen molar-refractivity contribution in [2.24, 2.45) is 5.92 Å². The lowest BCUT2D eigenvalue weighted by Crippen LogP contribution is -2.53. The molecule has 0 fully saturated rings. The number of sulfonamides is 1. The summed E-state index contributed by atoms with van der Waals surface area (Å²) in [6.07, 6.45) is 0.253. The van der Waals surface area contributed by atoms with Gasteiger partial charge < -0.3 is 10.2 Å². The summed E-state index contributed by atoms with van der Waals surface area (Å²) in [5.74, 6) is -0.622. The van der Waals surface area contributed by atoms with Crippen LogP contribution in [0.25, 0.3) is 0 Å². The van der Waals surface area contributed by atoms with E-state index in [-0.39, 0.29) is 35.4 Å². The zero-order chi connectivity index (χ0) is 33.4. The molecular formula is C37H42ClN3O4S. The van der Waals surface area contributed by atoms with E-state index in [9.17, 15) is 18.0 Å². The first-order chi connectivity index (χ1) is 21.8. The Hall–Kier alpha value is -4.14. The summed E-state index contributed by atoms with van der Waals surface area (Å²) in [7, 11) is -4.21. The number of halogens is 1. The molecule has 1 atom stereocenters. The normalized spacial score (nSPS) is 12.1. The Morgan fingerprint density at radius 3 is 2.11 bits per heavy atom. The number of rotatable bonds is 13. The van der Waals surface area contributed by atoms with Crippen LogP contribution < -0.4 is 9.62 Å². The van der Waals surface area contributed by atoms with Crippen molar-refractivity contribution >= 4 is 39.1 Å². The molecule has 0 heterocycles. The highest BCUT2D eigenvalue weighted by atomic mass is 35.5. The van der Waals surface area contributed by atoms with Crippen LogP contribution in [-0.4, -0.2) is 44.3 Å². The third-order valence-electron chi connectivity index (χ3n) is 7.72. The number of anilines is 1. The van der Waals surface area contributed by atoms with Crippen LogP contribution in [0.4, 0.5) is 5.69 Å². The van der Waals surface area contributed by atoms with Crippen molar-refractivity contribution in [1.82, 2.24) is 10.2 Å². The standard InChI is InChI=1S/C37H42ClN3O4S/c1-26(2)23-39-37(43)35(21-30-11-7-6-8-12-30)40(24-31-13-9-10-28(4)20-31)36(42)25-41(32-17-16-29(5)34(38)22-32)46(44,45)33-18-14-27(3)15-19-33/h6-20,22,26,35H,21,23-25H2,1-5H3,(H,39,43). The monoisotopic (exact) mass is 659 g/mol. The molecule has 0 aliphatic heterocycles. The van der Waals surface area contributed by atoms with E-state index < -0.39 is 28.5 Å². The van der Waals surface area contributed by atoms with E-state index in [4.69, 9.17) is 11.6 Å². The Kier molecular flexibility index (Phi) is 11.7. The van der Waals surface area contributed by atoms with Crippen molar-refractivity contribution in [2.45, 2.75) is 58.5 Å². The molecule has 1 unspecified atom stereocenters. The predicted molar refractivity (Wildman–Crippen MR) is 185 cm³/mol. The molecule has 1 N–H and O–H groups in total. The molecule has 0 saturated heterocycles. The summed E-state index contributed by atoms with van der Waals surface area (Å²) in [5.41, 5.74) is 4.64. The molecule has 0 aromatic heterocycles. The van der Waals surface area contributed by atoms with Crippen LogP contribution in [0.2, 0.25) is 5.02 Å². The Labute approximate surface area is 278 Å². The topological polar surface area (TPSA) is 86.8 Å². The van der Waals surface area contributed by atoms with Crippen LogP contribution in [0.5, 0.6) is 0 Å². The summed E-state index contributed by atoms with van der Waals surface area (Å²) >= 11 is 6.47. The van der Waals surface area contributed by atoms with Crippen molar-refractivity contribution in [3.63, 3.8) is 0 Å². The van der Waals surface area contributed by atoms with Gasteiger partial charge in [0.1, 0.15) is 12.6 Å². The van der Waals surface area contributed by atoms with Crippen LogP contribution >= 0.6 is 11.6 Å². The minimum Gasteiger partial charge on any atom is -0.354 e. The number of carbonyl (C=O) groups excluding carboxylic acids is 2. The summed E-state index contributed by atoms with van der Waals surface area (Å²) < 4.78 is 29.5. The summed E-state index contributed by atoms with van der Waals surface area (Å²) in [6, 6.07) is 27.7. The van der Waals surface area contributed by atoms with Gasteiger partial charge in [0.15, 0.2) is 0 Å². The zero-order valence-electron chi connectivity index (χ0n) is 27.0. The number of hydrogen-bond donors (Lipinski definition) is 1. The number of nitrogens with zero attached hydrogens (tertiary/aromatic N) is 2. The van der Waals surface area contributed by atoms with Gasteiger partial charge in [-0.25, -0.2) is 8.42 Å². The Morgan fingerprint density at radius 1 is 0.804 bits per heavy atom. The zero-order valence-corrected chi connectivity index (χ0v) is 28.6. The van der Waals surface area contributed by atoms with Gasteiger partial charge >= 0.3 is 0 Å². The molecule has 0 spiro atoms. The maximum atomic E-state index is 14.6. The van der Waals surface area contributed by atoms with Crippen molar-refractivity contribution in [1.29, 1.82) is 0 Å². The van der Waals surface area contributed by atoms with Crippen LogP contribution in [0.1, 0.15) is 41.7 Å². The molecule has 9 heteroatoms. The lowest BCUT2D eigenvalue weighted by atomic mass is 10.0.